The maximum Gasteiger partial charge on any atom is 0.0614 e. The molecule has 0 aliphatic heterocycles. The molecule has 1 saturated carbocycles. The second kappa shape index (κ2) is 4.21. The van der Waals surface area contributed by atoms with Crippen LogP contribution < -0.4 is 0 Å². The van der Waals surface area contributed by atoms with Gasteiger partial charge in [0.2, 0.25) is 0 Å². The van der Waals surface area contributed by atoms with Crippen molar-refractivity contribution in [1.82, 2.24) is 0 Å². The van der Waals surface area contributed by atoms with E-state index >= 15 is 0 Å². The molecule has 88 valence electrons. The molecule has 1 aromatic rings. The van der Waals surface area contributed by atoms with Crippen molar-refractivity contribution in [3.63, 3.8) is 0 Å². The highest BCUT2D eigenvalue weighted by Crippen LogP contribution is 2.53. The summed E-state index contributed by atoms with van der Waals surface area (Å²) in [7, 11) is 0. The van der Waals surface area contributed by atoms with Gasteiger partial charge in [-0.25, -0.2) is 0 Å². The molecule has 0 bridgehead atoms. The van der Waals surface area contributed by atoms with E-state index in [0.29, 0.717) is 11.3 Å². The van der Waals surface area contributed by atoms with Gasteiger partial charge in [-0.15, -0.1) is 0 Å². The number of rotatable bonds is 4. The van der Waals surface area contributed by atoms with Crippen LogP contribution in [0.4, 0.5) is 0 Å². The Bertz CT molecular complexity index is 350. The Morgan fingerprint density at radius 1 is 1.25 bits per heavy atom. The Morgan fingerprint density at radius 2 is 1.75 bits per heavy atom. The monoisotopic (exact) mass is 218 g/mol. The molecule has 0 aromatic heterocycles. The van der Waals surface area contributed by atoms with Crippen molar-refractivity contribution >= 4 is 0 Å². The zero-order valence-corrected chi connectivity index (χ0v) is 10.5. The van der Waals surface area contributed by atoms with E-state index in [1.54, 1.807) is 0 Å². The lowest BCUT2D eigenvalue weighted by Gasteiger charge is -2.12. The van der Waals surface area contributed by atoms with E-state index in [2.05, 4.69) is 45.0 Å². The van der Waals surface area contributed by atoms with E-state index in [1.165, 1.54) is 17.5 Å². The average Bonchev–Trinajstić information content (AvgIpc) is 2.89. The van der Waals surface area contributed by atoms with Gasteiger partial charge in [0, 0.05) is 0 Å². The maximum absolute atomic E-state index is 10.1. The summed E-state index contributed by atoms with van der Waals surface area (Å²) in [5.74, 6) is 0.498. The zero-order valence-electron chi connectivity index (χ0n) is 10.5. The second-order valence-electron chi connectivity index (χ2n) is 5.74. The molecule has 1 fully saturated rings. The third-order valence-electron chi connectivity index (χ3n) is 3.93. The molecule has 0 saturated heterocycles. The third-order valence-corrected chi connectivity index (χ3v) is 3.93. The molecule has 1 N–H and O–H groups in total. The first-order valence-corrected chi connectivity index (χ1v) is 6.29. The first-order valence-electron chi connectivity index (χ1n) is 6.29. The third kappa shape index (κ3) is 2.46. The molecule has 0 radical (unpaired) electrons. The highest BCUT2D eigenvalue weighted by atomic mass is 16.3. The van der Waals surface area contributed by atoms with Gasteiger partial charge in [0.15, 0.2) is 0 Å². The standard InChI is InChI=1S/C15H22O/c1-4-11-5-7-12(8-6-11)9-14(16)13-10-15(13,2)3/h5-8,13-14,16H,4,9-10H2,1-3H3. The fourth-order valence-electron chi connectivity index (χ4n) is 2.46. The van der Waals surface area contributed by atoms with Crippen molar-refractivity contribution in [2.24, 2.45) is 11.3 Å². The summed E-state index contributed by atoms with van der Waals surface area (Å²) in [6.45, 7) is 6.64. The topological polar surface area (TPSA) is 20.2 Å². The van der Waals surface area contributed by atoms with Crippen LogP contribution in [0.1, 0.15) is 38.3 Å². The molecule has 1 heteroatoms. The van der Waals surface area contributed by atoms with E-state index < -0.39 is 0 Å². The predicted molar refractivity (Wildman–Crippen MR) is 67.4 cm³/mol. The van der Waals surface area contributed by atoms with Crippen LogP contribution in [-0.2, 0) is 12.8 Å². The fraction of sp³-hybridized carbons (Fsp3) is 0.600. The Hall–Kier alpha value is -0.820. The summed E-state index contributed by atoms with van der Waals surface area (Å²) in [4.78, 5) is 0. The lowest BCUT2D eigenvalue weighted by atomic mass is 9.99. The molecule has 2 unspecified atom stereocenters. The Morgan fingerprint density at radius 3 is 2.19 bits per heavy atom. The van der Waals surface area contributed by atoms with Gasteiger partial charge in [0.05, 0.1) is 6.10 Å². The van der Waals surface area contributed by atoms with Crippen molar-refractivity contribution in [1.29, 1.82) is 0 Å². The first-order chi connectivity index (χ1) is 7.53. The highest BCUT2D eigenvalue weighted by Gasteiger charge is 2.49. The van der Waals surface area contributed by atoms with Crippen LogP contribution in [0.15, 0.2) is 24.3 Å². The minimum absolute atomic E-state index is 0.164. The molecule has 0 spiro atoms. The molecule has 16 heavy (non-hydrogen) atoms. The number of aryl methyl sites for hydroxylation is 1. The summed E-state index contributed by atoms with van der Waals surface area (Å²) in [5, 5.41) is 10.1. The molecular formula is C15H22O. The molecule has 1 aliphatic rings. The first kappa shape index (κ1) is 11.7. The van der Waals surface area contributed by atoms with Crippen molar-refractivity contribution in [3.8, 4) is 0 Å². The van der Waals surface area contributed by atoms with Crippen molar-refractivity contribution in [2.75, 3.05) is 0 Å². The van der Waals surface area contributed by atoms with Gasteiger partial charge in [0.25, 0.3) is 0 Å². The molecule has 0 amide bonds. The van der Waals surface area contributed by atoms with Gasteiger partial charge in [-0.05, 0) is 41.7 Å². The van der Waals surface area contributed by atoms with Gasteiger partial charge in [0.1, 0.15) is 0 Å². The average molecular weight is 218 g/mol. The Labute approximate surface area is 98.5 Å². The van der Waals surface area contributed by atoms with Crippen LogP contribution in [0.3, 0.4) is 0 Å². The second-order valence-corrected chi connectivity index (χ2v) is 5.74. The summed E-state index contributed by atoms with van der Waals surface area (Å²) in [5.41, 5.74) is 2.99. The van der Waals surface area contributed by atoms with Crippen LogP contribution in [0.2, 0.25) is 0 Å². The van der Waals surface area contributed by atoms with Crippen molar-refractivity contribution in [2.45, 2.75) is 46.1 Å². The summed E-state index contributed by atoms with van der Waals surface area (Å²) < 4.78 is 0. The minimum atomic E-state index is -0.164. The molecule has 0 heterocycles. The summed E-state index contributed by atoms with van der Waals surface area (Å²) >= 11 is 0. The summed E-state index contributed by atoms with van der Waals surface area (Å²) in [6.07, 6.45) is 2.89. The molecule has 2 rings (SSSR count). The van der Waals surface area contributed by atoms with Crippen LogP contribution in [0, 0.1) is 11.3 Å². The van der Waals surface area contributed by atoms with Gasteiger partial charge in [-0.1, -0.05) is 45.0 Å². The van der Waals surface area contributed by atoms with Crippen LogP contribution in [0.25, 0.3) is 0 Å². The van der Waals surface area contributed by atoms with E-state index in [4.69, 9.17) is 0 Å². The normalized spacial score (nSPS) is 24.1. The molecular weight excluding hydrogens is 196 g/mol. The zero-order chi connectivity index (χ0) is 11.8. The molecule has 1 aliphatic carbocycles. The highest BCUT2D eigenvalue weighted by molar-refractivity contribution is 5.23. The molecule has 1 nitrogen and oxygen atoms in total. The minimum Gasteiger partial charge on any atom is -0.392 e. The quantitative estimate of drug-likeness (QED) is 0.823. The number of benzene rings is 1. The Kier molecular flexibility index (Phi) is 3.07. The van der Waals surface area contributed by atoms with Crippen molar-refractivity contribution < 1.29 is 5.11 Å². The number of hydrogen-bond acceptors (Lipinski definition) is 1. The van der Waals surface area contributed by atoms with E-state index in [9.17, 15) is 5.11 Å². The number of hydrogen-bond donors (Lipinski definition) is 1. The number of aliphatic hydroxyl groups is 1. The fourth-order valence-corrected chi connectivity index (χ4v) is 2.46. The maximum atomic E-state index is 10.1. The van der Waals surface area contributed by atoms with Crippen LogP contribution in [0.5, 0.6) is 0 Å². The Balaban J connectivity index is 1.94. The van der Waals surface area contributed by atoms with Gasteiger partial charge in [-0.3, -0.25) is 0 Å². The van der Waals surface area contributed by atoms with Crippen molar-refractivity contribution in [3.05, 3.63) is 35.4 Å². The number of aliphatic hydroxyl groups excluding tert-OH is 1. The van der Waals surface area contributed by atoms with E-state index in [0.717, 1.165) is 12.8 Å². The lowest BCUT2D eigenvalue weighted by molar-refractivity contribution is 0.137. The molecule has 1 aromatic carbocycles. The van der Waals surface area contributed by atoms with Crippen LogP contribution in [-0.4, -0.2) is 11.2 Å². The van der Waals surface area contributed by atoms with Gasteiger partial charge in [-0.2, -0.15) is 0 Å². The lowest BCUT2D eigenvalue weighted by Crippen LogP contribution is -2.16. The van der Waals surface area contributed by atoms with Crippen LogP contribution >= 0.6 is 0 Å². The largest absolute Gasteiger partial charge is 0.392 e. The van der Waals surface area contributed by atoms with Gasteiger partial charge < -0.3 is 5.11 Å². The van der Waals surface area contributed by atoms with Gasteiger partial charge >= 0.3 is 0 Å². The van der Waals surface area contributed by atoms with E-state index in [1.807, 2.05) is 0 Å². The summed E-state index contributed by atoms with van der Waals surface area (Å²) in [6, 6.07) is 8.63. The SMILES string of the molecule is CCc1ccc(CC(O)C2CC2(C)C)cc1. The smallest absolute Gasteiger partial charge is 0.0614 e. The van der Waals surface area contributed by atoms with E-state index in [-0.39, 0.29) is 6.10 Å². The predicted octanol–water partition coefficient (Wildman–Crippen LogP) is 3.20. The molecule has 2 atom stereocenters.